The first-order valence-electron chi connectivity index (χ1n) is 3.43. The number of rotatable bonds is 4. The summed E-state index contributed by atoms with van der Waals surface area (Å²) < 4.78 is 0. The van der Waals surface area contributed by atoms with Crippen LogP contribution in [0, 0.1) is 16.7 Å². The molecule has 0 aliphatic heterocycles. The molecule has 0 aromatic rings. The van der Waals surface area contributed by atoms with Gasteiger partial charge in [0.15, 0.2) is 0 Å². The van der Waals surface area contributed by atoms with Gasteiger partial charge in [-0.1, -0.05) is 0 Å². The van der Waals surface area contributed by atoms with Gasteiger partial charge in [-0.05, 0) is 19.8 Å². The lowest BCUT2D eigenvalue weighted by Gasteiger charge is -2.17. The number of aliphatic hydroxyl groups is 1. The molecule has 0 aliphatic rings. The van der Waals surface area contributed by atoms with Crippen LogP contribution in [0.5, 0.6) is 0 Å². The van der Waals surface area contributed by atoms with Gasteiger partial charge in [-0.15, -0.1) is 25.3 Å². The molecule has 12 heavy (non-hydrogen) atoms. The van der Waals surface area contributed by atoms with Crippen molar-refractivity contribution in [3.8, 4) is 6.07 Å². The molecule has 0 amide bonds. The average Bonchev–Trinajstić information content (AvgIpc) is 1.99. The first kappa shape index (κ1) is 11.8. The minimum Gasteiger partial charge on any atom is -0.383 e. The highest BCUT2D eigenvalue weighted by Crippen LogP contribution is 2.26. The molecule has 0 aliphatic carbocycles. The SMILES string of the molecule is CC(C#N)(CCC(O)S)C(=O)S. The molecular weight excluding hydrogens is 194 g/mol. The molecule has 0 fully saturated rings. The first-order valence-corrected chi connectivity index (χ1v) is 4.39. The summed E-state index contributed by atoms with van der Waals surface area (Å²) in [5.41, 5.74) is -1.89. The second kappa shape index (κ2) is 4.75. The van der Waals surface area contributed by atoms with Gasteiger partial charge >= 0.3 is 0 Å². The zero-order chi connectivity index (χ0) is 9.78. The molecule has 0 saturated heterocycles. The highest BCUT2D eigenvalue weighted by atomic mass is 32.1. The third-order valence-electron chi connectivity index (χ3n) is 1.62. The van der Waals surface area contributed by atoms with Crippen molar-refractivity contribution in [1.82, 2.24) is 0 Å². The van der Waals surface area contributed by atoms with Crippen LogP contribution in [0.25, 0.3) is 0 Å². The third-order valence-corrected chi connectivity index (χ3v) is 2.37. The Morgan fingerprint density at radius 1 is 1.83 bits per heavy atom. The molecule has 0 bridgehead atoms. The smallest absolute Gasteiger partial charge is 0.205 e. The van der Waals surface area contributed by atoms with Crippen LogP contribution in [0.2, 0.25) is 0 Å². The van der Waals surface area contributed by atoms with E-state index in [2.05, 4.69) is 25.3 Å². The molecule has 5 heteroatoms. The minimum absolute atomic E-state index is 0.274. The molecule has 0 aromatic heterocycles. The highest BCUT2D eigenvalue weighted by Gasteiger charge is 2.30. The molecule has 0 spiro atoms. The van der Waals surface area contributed by atoms with Crippen LogP contribution in [0.3, 0.4) is 0 Å². The van der Waals surface area contributed by atoms with E-state index in [0.717, 1.165) is 0 Å². The van der Waals surface area contributed by atoms with Crippen LogP contribution in [-0.2, 0) is 4.79 Å². The number of aliphatic hydroxyl groups excluding tert-OH is 1. The van der Waals surface area contributed by atoms with Crippen molar-refractivity contribution in [2.24, 2.45) is 5.41 Å². The fourth-order valence-corrected chi connectivity index (χ4v) is 0.919. The summed E-state index contributed by atoms with van der Waals surface area (Å²) in [5.74, 6) is 0. The Balaban J connectivity index is 4.19. The Morgan fingerprint density at radius 2 is 2.33 bits per heavy atom. The van der Waals surface area contributed by atoms with Gasteiger partial charge in [-0.3, -0.25) is 4.79 Å². The van der Waals surface area contributed by atoms with Gasteiger partial charge in [-0.25, -0.2) is 0 Å². The summed E-state index contributed by atoms with van der Waals surface area (Å²) in [7, 11) is 0. The van der Waals surface area contributed by atoms with Crippen LogP contribution in [0.1, 0.15) is 19.8 Å². The topological polar surface area (TPSA) is 61.1 Å². The van der Waals surface area contributed by atoms with E-state index in [1.807, 2.05) is 6.07 Å². The summed E-state index contributed by atoms with van der Waals surface area (Å²) in [6, 6.07) is 1.86. The van der Waals surface area contributed by atoms with Crippen LogP contribution < -0.4 is 0 Å². The first-order chi connectivity index (χ1) is 5.42. The molecule has 0 radical (unpaired) electrons. The Kier molecular flexibility index (Phi) is 4.68. The normalized spacial score (nSPS) is 17.6. The maximum Gasteiger partial charge on any atom is 0.205 e. The van der Waals surface area contributed by atoms with E-state index in [1.165, 1.54) is 6.92 Å². The van der Waals surface area contributed by atoms with Gasteiger partial charge in [0, 0.05) is 0 Å². The number of carbonyl (C=O) groups is 1. The van der Waals surface area contributed by atoms with Crippen molar-refractivity contribution >= 4 is 30.4 Å². The standard InChI is InChI=1S/C7H11NO2S2/c1-7(4-8,6(10)12)3-2-5(9)11/h5,9,11H,2-3H2,1H3,(H,10,12). The molecule has 0 rings (SSSR count). The maximum absolute atomic E-state index is 10.8. The number of hydrogen-bond donors (Lipinski definition) is 3. The molecule has 3 nitrogen and oxygen atoms in total. The number of nitriles is 1. The molecule has 0 aromatic carbocycles. The van der Waals surface area contributed by atoms with Crippen molar-refractivity contribution in [3.63, 3.8) is 0 Å². The predicted molar refractivity (Wildman–Crippen MR) is 51.9 cm³/mol. The van der Waals surface area contributed by atoms with Gasteiger partial charge in [0.25, 0.3) is 0 Å². The molecule has 68 valence electrons. The van der Waals surface area contributed by atoms with E-state index < -0.39 is 16.0 Å². The fourth-order valence-electron chi connectivity index (χ4n) is 0.628. The second-order valence-corrected chi connectivity index (χ2v) is 3.77. The van der Waals surface area contributed by atoms with Crippen molar-refractivity contribution in [2.75, 3.05) is 0 Å². The van der Waals surface area contributed by atoms with Crippen molar-refractivity contribution in [1.29, 1.82) is 5.26 Å². The molecule has 2 unspecified atom stereocenters. The monoisotopic (exact) mass is 205 g/mol. The quantitative estimate of drug-likeness (QED) is 0.474. The summed E-state index contributed by atoms with van der Waals surface area (Å²) >= 11 is 7.32. The molecular formula is C7H11NO2S2. The molecule has 0 saturated carbocycles. The van der Waals surface area contributed by atoms with Gasteiger partial charge < -0.3 is 5.11 Å². The van der Waals surface area contributed by atoms with E-state index in [4.69, 9.17) is 10.4 Å². The Morgan fingerprint density at radius 3 is 2.58 bits per heavy atom. The van der Waals surface area contributed by atoms with Gasteiger partial charge in [0.05, 0.1) is 11.5 Å². The van der Waals surface area contributed by atoms with E-state index in [9.17, 15) is 4.79 Å². The van der Waals surface area contributed by atoms with Gasteiger partial charge in [-0.2, -0.15) is 5.26 Å². The van der Waals surface area contributed by atoms with Crippen molar-refractivity contribution in [2.45, 2.75) is 25.2 Å². The van der Waals surface area contributed by atoms with E-state index in [1.54, 1.807) is 0 Å². The number of nitrogens with zero attached hydrogens (tertiary/aromatic N) is 1. The molecule has 2 atom stereocenters. The van der Waals surface area contributed by atoms with Crippen LogP contribution in [0.4, 0.5) is 0 Å². The zero-order valence-electron chi connectivity index (χ0n) is 6.69. The van der Waals surface area contributed by atoms with Crippen molar-refractivity contribution in [3.05, 3.63) is 0 Å². The minimum atomic E-state index is -1.10. The lowest BCUT2D eigenvalue weighted by Crippen LogP contribution is -2.22. The van der Waals surface area contributed by atoms with E-state index >= 15 is 0 Å². The van der Waals surface area contributed by atoms with E-state index in [-0.39, 0.29) is 6.42 Å². The predicted octanol–water partition coefficient (Wildman–Crippen LogP) is 1.00. The van der Waals surface area contributed by atoms with Crippen LogP contribution >= 0.6 is 25.3 Å². The van der Waals surface area contributed by atoms with Crippen LogP contribution in [0.15, 0.2) is 0 Å². The Bertz CT molecular complexity index is 212. The number of hydrogen-bond acceptors (Lipinski definition) is 4. The summed E-state index contributed by atoms with van der Waals surface area (Å²) in [5, 5.41) is 17.0. The summed E-state index contributed by atoms with van der Waals surface area (Å²) in [6.45, 7) is 1.50. The average molecular weight is 205 g/mol. The molecule has 0 heterocycles. The maximum atomic E-state index is 10.8. The number of thiol groups is 2. The zero-order valence-corrected chi connectivity index (χ0v) is 8.48. The lowest BCUT2D eigenvalue weighted by molar-refractivity contribution is -0.116. The number of carbonyl (C=O) groups excluding carboxylic acids is 1. The summed E-state index contributed by atoms with van der Waals surface area (Å²) in [6.07, 6.45) is 0.579. The van der Waals surface area contributed by atoms with Gasteiger partial charge in [0.1, 0.15) is 5.41 Å². The highest BCUT2D eigenvalue weighted by molar-refractivity contribution is 7.96. The van der Waals surface area contributed by atoms with Crippen LogP contribution in [-0.4, -0.2) is 15.7 Å². The van der Waals surface area contributed by atoms with Gasteiger partial charge in [0.2, 0.25) is 5.12 Å². The Hall–Kier alpha value is -0.180. The van der Waals surface area contributed by atoms with Crippen molar-refractivity contribution < 1.29 is 9.90 Å². The summed E-state index contributed by atoms with van der Waals surface area (Å²) in [4.78, 5) is 10.8. The fraction of sp³-hybridized carbons (Fsp3) is 0.714. The lowest BCUT2D eigenvalue weighted by atomic mass is 9.89. The Labute approximate surface area is 82.6 Å². The second-order valence-electron chi connectivity index (χ2n) is 2.77. The van der Waals surface area contributed by atoms with E-state index in [0.29, 0.717) is 6.42 Å². The third kappa shape index (κ3) is 3.48. The molecule has 1 N–H and O–H groups in total. The largest absolute Gasteiger partial charge is 0.383 e.